The van der Waals surface area contributed by atoms with Gasteiger partial charge in [-0.1, -0.05) is 6.07 Å². The number of amides is 2. The maximum absolute atomic E-state index is 12.3. The van der Waals surface area contributed by atoms with Crippen LogP contribution in [0.15, 0.2) is 17.5 Å². The fraction of sp³-hybridized carbons (Fsp3) is 0.533. The van der Waals surface area contributed by atoms with Crippen LogP contribution in [0.25, 0.3) is 0 Å². The first-order valence-electron chi connectivity index (χ1n) is 7.23. The molecule has 1 aromatic rings. The average molecular weight is 326 g/mol. The van der Waals surface area contributed by atoms with Gasteiger partial charge in [-0.3, -0.25) is 14.4 Å². The Morgan fingerprint density at radius 1 is 1.32 bits per heavy atom. The third-order valence-electron chi connectivity index (χ3n) is 2.91. The number of nitrogens with zero attached hydrogens (tertiary/aromatic N) is 1. The fourth-order valence-electron chi connectivity index (χ4n) is 1.86. The minimum absolute atomic E-state index is 0.0582. The molecule has 0 radical (unpaired) electrons. The molecule has 0 aliphatic carbocycles. The molecule has 0 unspecified atom stereocenters. The van der Waals surface area contributed by atoms with Gasteiger partial charge in [0.05, 0.1) is 19.4 Å². The summed E-state index contributed by atoms with van der Waals surface area (Å²) in [7, 11) is 0. The molecule has 0 fully saturated rings. The zero-order valence-electron chi connectivity index (χ0n) is 13.0. The highest BCUT2D eigenvalue weighted by Gasteiger charge is 2.16. The molecule has 0 atom stereocenters. The van der Waals surface area contributed by atoms with E-state index in [1.165, 1.54) is 18.3 Å². The minimum atomic E-state index is -0.323. The lowest BCUT2D eigenvalue weighted by Gasteiger charge is -2.22. The Kier molecular flexibility index (Phi) is 8.21. The van der Waals surface area contributed by atoms with E-state index in [0.717, 1.165) is 4.88 Å². The van der Waals surface area contributed by atoms with Crippen molar-refractivity contribution in [1.82, 2.24) is 10.2 Å². The van der Waals surface area contributed by atoms with Crippen molar-refractivity contribution in [3.63, 3.8) is 0 Å². The molecule has 0 saturated carbocycles. The quantitative estimate of drug-likeness (QED) is 0.692. The van der Waals surface area contributed by atoms with Crippen LogP contribution in [0.1, 0.15) is 25.1 Å². The normalized spacial score (nSPS) is 10.1. The van der Waals surface area contributed by atoms with Gasteiger partial charge in [-0.15, -0.1) is 11.3 Å². The lowest BCUT2D eigenvalue weighted by Crippen LogP contribution is -2.40. The van der Waals surface area contributed by atoms with Gasteiger partial charge in [0.1, 0.15) is 0 Å². The number of thiophene rings is 1. The largest absolute Gasteiger partial charge is 0.466 e. The number of rotatable bonds is 9. The van der Waals surface area contributed by atoms with E-state index in [1.807, 2.05) is 17.5 Å². The first kappa shape index (κ1) is 18.2. The van der Waals surface area contributed by atoms with E-state index in [-0.39, 0.29) is 24.2 Å². The highest BCUT2D eigenvalue weighted by Crippen LogP contribution is 2.11. The standard InChI is InChI=1S/C15H22N2O4S/c1-3-21-15(20)6-8-17(9-7-16-12(2)18)14(19)11-13-5-4-10-22-13/h4-5,10H,3,6-9,11H2,1-2H3,(H,16,18). The van der Waals surface area contributed by atoms with E-state index in [9.17, 15) is 14.4 Å². The second-order valence-corrected chi connectivity index (χ2v) is 5.71. The maximum atomic E-state index is 12.3. The molecule has 1 N–H and O–H groups in total. The molecule has 7 heteroatoms. The van der Waals surface area contributed by atoms with Gasteiger partial charge in [-0.05, 0) is 18.4 Å². The van der Waals surface area contributed by atoms with Gasteiger partial charge in [0.2, 0.25) is 11.8 Å². The Balaban J connectivity index is 2.53. The van der Waals surface area contributed by atoms with Gasteiger partial charge in [0.15, 0.2) is 0 Å². The summed E-state index contributed by atoms with van der Waals surface area (Å²) in [4.78, 5) is 37.2. The van der Waals surface area contributed by atoms with E-state index < -0.39 is 0 Å². The molecule has 1 rings (SSSR count). The van der Waals surface area contributed by atoms with E-state index in [1.54, 1.807) is 11.8 Å². The lowest BCUT2D eigenvalue weighted by molar-refractivity contribution is -0.144. The van der Waals surface area contributed by atoms with Crippen molar-refractivity contribution in [2.75, 3.05) is 26.2 Å². The molecule has 0 bridgehead atoms. The van der Waals surface area contributed by atoms with Crippen LogP contribution in [0, 0.1) is 0 Å². The van der Waals surface area contributed by atoms with E-state index in [0.29, 0.717) is 32.7 Å². The molecule has 2 amide bonds. The maximum Gasteiger partial charge on any atom is 0.307 e. The molecule has 1 heterocycles. The topological polar surface area (TPSA) is 75.7 Å². The number of hydrogen-bond donors (Lipinski definition) is 1. The lowest BCUT2D eigenvalue weighted by atomic mass is 10.2. The van der Waals surface area contributed by atoms with Crippen LogP contribution in [0.2, 0.25) is 0 Å². The molecule has 1 aromatic heterocycles. The number of carbonyl (C=O) groups is 3. The molecule has 0 saturated heterocycles. The van der Waals surface area contributed by atoms with Crippen LogP contribution in [-0.2, 0) is 25.5 Å². The van der Waals surface area contributed by atoms with Gasteiger partial charge < -0.3 is 15.0 Å². The van der Waals surface area contributed by atoms with Crippen LogP contribution in [0.5, 0.6) is 0 Å². The summed E-state index contributed by atoms with van der Waals surface area (Å²) < 4.78 is 4.88. The van der Waals surface area contributed by atoms with Crippen LogP contribution in [0.4, 0.5) is 0 Å². The molecule has 22 heavy (non-hydrogen) atoms. The van der Waals surface area contributed by atoms with Crippen LogP contribution in [0.3, 0.4) is 0 Å². The number of hydrogen-bond acceptors (Lipinski definition) is 5. The van der Waals surface area contributed by atoms with Crippen LogP contribution in [-0.4, -0.2) is 48.9 Å². The van der Waals surface area contributed by atoms with Crippen LogP contribution < -0.4 is 5.32 Å². The Morgan fingerprint density at radius 3 is 2.68 bits per heavy atom. The second-order valence-electron chi connectivity index (χ2n) is 4.67. The summed E-state index contributed by atoms with van der Waals surface area (Å²) >= 11 is 1.52. The fourth-order valence-corrected chi connectivity index (χ4v) is 2.56. The van der Waals surface area contributed by atoms with Crippen molar-refractivity contribution < 1.29 is 19.1 Å². The first-order chi connectivity index (χ1) is 10.5. The predicted molar refractivity (Wildman–Crippen MR) is 84.5 cm³/mol. The minimum Gasteiger partial charge on any atom is -0.466 e. The summed E-state index contributed by atoms with van der Waals surface area (Å²) in [6.45, 7) is 4.54. The summed E-state index contributed by atoms with van der Waals surface area (Å²) in [6.07, 6.45) is 0.463. The van der Waals surface area contributed by atoms with E-state index in [4.69, 9.17) is 4.74 Å². The smallest absolute Gasteiger partial charge is 0.307 e. The first-order valence-corrected chi connectivity index (χ1v) is 8.11. The van der Waals surface area contributed by atoms with E-state index >= 15 is 0 Å². The molecule has 0 aromatic carbocycles. The molecule has 0 aliphatic rings. The van der Waals surface area contributed by atoms with Crippen molar-refractivity contribution in [3.05, 3.63) is 22.4 Å². The Morgan fingerprint density at radius 2 is 2.09 bits per heavy atom. The van der Waals surface area contributed by atoms with Gasteiger partial charge in [0, 0.05) is 31.4 Å². The Hall–Kier alpha value is -1.89. The molecule has 0 spiro atoms. The Labute approximate surface area is 134 Å². The molecular weight excluding hydrogens is 304 g/mol. The summed E-state index contributed by atoms with van der Waals surface area (Å²) in [6, 6.07) is 3.80. The summed E-state index contributed by atoms with van der Waals surface area (Å²) in [5, 5.41) is 4.58. The van der Waals surface area contributed by atoms with Crippen molar-refractivity contribution in [2.45, 2.75) is 26.7 Å². The molecule has 0 aliphatic heterocycles. The number of esters is 1. The number of carbonyl (C=O) groups excluding carboxylic acids is 3. The zero-order valence-corrected chi connectivity index (χ0v) is 13.8. The molecule has 6 nitrogen and oxygen atoms in total. The summed E-state index contributed by atoms with van der Waals surface area (Å²) in [5.41, 5.74) is 0. The van der Waals surface area contributed by atoms with Gasteiger partial charge in [-0.25, -0.2) is 0 Å². The van der Waals surface area contributed by atoms with E-state index in [2.05, 4.69) is 5.32 Å². The Bertz CT molecular complexity index is 488. The molecule has 122 valence electrons. The third kappa shape index (κ3) is 7.21. The number of ether oxygens (including phenoxy) is 1. The van der Waals surface area contributed by atoms with Gasteiger partial charge in [-0.2, -0.15) is 0 Å². The predicted octanol–water partition coefficient (Wildman–Crippen LogP) is 1.21. The van der Waals surface area contributed by atoms with Crippen molar-refractivity contribution >= 4 is 29.1 Å². The zero-order chi connectivity index (χ0) is 16.4. The van der Waals surface area contributed by atoms with Crippen molar-refractivity contribution in [2.24, 2.45) is 0 Å². The highest BCUT2D eigenvalue weighted by atomic mass is 32.1. The molecular formula is C15H22N2O4S. The highest BCUT2D eigenvalue weighted by molar-refractivity contribution is 7.10. The van der Waals surface area contributed by atoms with Crippen molar-refractivity contribution in [1.29, 1.82) is 0 Å². The van der Waals surface area contributed by atoms with Crippen LogP contribution >= 0.6 is 11.3 Å². The second kappa shape index (κ2) is 9.94. The monoisotopic (exact) mass is 326 g/mol. The van der Waals surface area contributed by atoms with Gasteiger partial charge in [0.25, 0.3) is 0 Å². The third-order valence-corrected chi connectivity index (χ3v) is 3.78. The SMILES string of the molecule is CCOC(=O)CCN(CCNC(C)=O)C(=O)Cc1cccs1. The number of nitrogens with one attached hydrogen (secondary N) is 1. The average Bonchev–Trinajstić information content (AvgIpc) is 2.95. The van der Waals surface area contributed by atoms with Gasteiger partial charge >= 0.3 is 5.97 Å². The van der Waals surface area contributed by atoms with Crippen molar-refractivity contribution in [3.8, 4) is 0 Å². The summed E-state index contributed by atoms with van der Waals surface area (Å²) in [5.74, 6) is -0.524.